The molecular formula is C9H16N2O. The van der Waals surface area contributed by atoms with Crippen LogP contribution >= 0.6 is 0 Å². The van der Waals surface area contributed by atoms with Crippen molar-refractivity contribution < 1.29 is 4.52 Å². The molecular weight excluding hydrogens is 152 g/mol. The van der Waals surface area contributed by atoms with Gasteiger partial charge in [-0.15, -0.1) is 0 Å². The summed E-state index contributed by atoms with van der Waals surface area (Å²) >= 11 is 0. The molecule has 3 heteroatoms. The van der Waals surface area contributed by atoms with Gasteiger partial charge in [-0.3, -0.25) is 4.90 Å². The summed E-state index contributed by atoms with van der Waals surface area (Å²) in [6.07, 6.45) is 0. The number of hydrogen-bond donors (Lipinski definition) is 0. The molecule has 0 unspecified atom stereocenters. The van der Waals surface area contributed by atoms with Crippen LogP contribution in [0.1, 0.15) is 25.3 Å². The molecule has 3 nitrogen and oxygen atoms in total. The largest absolute Gasteiger partial charge is 0.361 e. The van der Waals surface area contributed by atoms with Crippen molar-refractivity contribution in [2.45, 2.75) is 27.3 Å². The van der Waals surface area contributed by atoms with E-state index in [-0.39, 0.29) is 0 Å². The van der Waals surface area contributed by atoms with Crippen LogP contribution in [0.25, 0.3) is 0 Å². The van der Waals surface area contributed by atoms with Gasteiger partial charge in [-0.05, 0) is 20.0 Å². The molecule has 0 bridgehead atoms. The van der Waals surface area contributed by atoms with Gasteiger partial charge in [0.1, 0.15) is 5.76 Å². The number of aryl methyl sites for hydroxylation is 1. The molecule has 0 amide bonds. The van der Waals surface area contributed by atoms with Crippen molar-refractivity contribution in [3.8, 4) is 0 Å². The summed E-state index contributed by atoms with van der Waals surface area (Å²) in [5, 5.41) is 3.93. The maximum atomic E-state index is 4.98. The molecule has 0 aliphatic rings. The van der Waals surface area contributed by atoms with Crippen molar-refractivity contribution in [2.75, 3.05) is 13.1 Å². The van der Waals surface area contributed by atoms with E-state index < -0.39 is 0 Å². The molecule has 0 saturated heterocycles. The number of rotatable bonds is 4. The lowest BCUT2D eigenvalue weighted by molar-refractivity contribution is 0.282. The minimum absolute atomic E-state index is 0.886. The molecule has 0 aromatic carbocycles. The molecule has 0 N–H and O–H groups in total. The van der Waals surface area contributed by atoms with Crippen molar-refractivity contribution >= 4 is 0 Å². The summed E-state index contributed by atoms with van der Waals surface area (Å²) in [5.41, 5.74) is 1.02. The molecule has 1 rings (SSSR count). The van der Waals surface area contributed by atoms with E-state index in [4.69, 9.17) is 4.52 Å². The Balaban J connectivity index is 2.50. The van der Waals surface area contributed by atoms with E-state index >= 15 is 0 Å². The Bertz CT molecular complexity index is 228. The van der Waals surface area contributed by atoms with Gasteiger partial charge in [0.05, 0.1) is 5.69 Å². The molecule has 12 heavy (non-hydrogen) atoms. The SMILES string of the molecule is CCN(CC)Cc1cc(C)on1. The van der Waals surface area contributed by atoms with Gasteiger partial charge in [0, 0.05) is 12.6 Å². The molecule has 0 aliphatic heterocycles. The quantitative estimate of drug-likeness (QED) is 0.686. The highest BCUT2D eigenvalue weighted by Crippen LogP contribution is 2.04. The van der Waals surface area contributed by atoms with Crippen LogP contribution in [0, 0.1) is 6.92 Å². The van der Waals surface area contributed by atoms with Crippen LogP contribution in [0.2, 0.25) is 0 Å². The highest BCUT2D eigenvalue weighted by Gasteiger charge is 2.04. The van der Waals surface area contributed by atoms with E-state index in [2.05, 4.69) is 23.9 Å². The van der Waals surface area contributed by atoms with Gasteiger partial charge in [0.25, 0.3) is 0 Å². The molecule has 1 aromatic rings. The van der Waals surface area contributed by atoms with Crippen LogP contribution in [-0.4, -0.2) is 23.1 Å². The molecule has 0 aliphatic carbocycles. The van der Waals surface area contributed by atoms with Crippen molar-refractivity contribution in [3.63, 3.8) is 0 Å². The Morgan fingerprint density at radius 3 is 2.50 bits per heavy atom. The predicted molar refractivity (Wildman–Crippen MR) is 47.9 cm³/mol. The first kappa shape index (κ1) is 9.26. The van der Waals surface area contributed by atoms with Gasteiger partial charge >= 0.3 is 0 Å². The number of nitrogens with zero attached hydrogens (tertiary/aromatic N) is 2. The van der Waals surface area contributed by atoms with Gasteiger partial charge in [-0.2, -0.15) is 0 Å². The second kappa shape index (κ2) is 4.26. The highest BCUT2D eigenvalue weighted by molar-refractivity contribution is 5.02. The van der Waals surface area contributed by atoms with Gasteiger partial charge < -0.3 is 4.52 Å². The van der Waals surface area contributed by atoms with Crippen molar-refractivity contribution in [1.82, 2.24) is 10.1 Å². The third kappa shape index (κ3) is 2.34. The summed E-state index contributed by atoms with van der Waals surface area (Å²) < 4.78 is 4.98. The summed E-state index contributed by atoms with van der Waals surface area (Å²) in [7, 11) is 0. The Morgan fingerprint density at radius 2 is 2.08 bits per heavy atom. The minimum Gasteiger partial charge on any atom is -0.361 e. The maximum absolute atomic E-state index is 4.98. The Kier molecular flexibility index (Phi) is 3.29. The number of hydrogen-bond acceptors (Lipinski definition) is 3. The third-order valence-electron chi connectivity index (χ3n) is 1.96. The topological polar surface area (TPSA) is 29.3 Å². The zero-order valence-electron chi connectivity index (χ0n) is 8.00. The lowest BCUT2D eigenvalue weighted by Crippen LogP contribution is -2.22. The Morgan fingerprint density at radius 1 is 1.42 bits per heavy atom. The van der Waals surface area contributed by atoms with E-state index in [1.54, 1.807) is 0 Å². The highest BCUT2D eigenvalue weighted by atomic mass is 16.5. The summed E-state index contributed by atoms with van der Waals surface area (Å²) in [6.45, 7) is 9.22. The zero-order chi connectivity index (χ0) is 8.97. The molecule has 0 radical (unpaired) electrons. The first-order valence-corrected chi connectivity index (χ1v) is 4.40. The molecule has 68 valence electrons. The Hall–Kier alpha value is -0.830. The van der Waals surface area contributed by atoms with Crippen LogP contribution in [0.5, 0.6) is 0 Å². The second-order valence-electron chi connectivity index (χ2n) is 2.89. The van der Waals surface area contributed by atoms with E-state index in [0.29, 0.717) is 0 Å². The Labute approximate surface area is 73.3 Å². The molecule has 1 aromatic heterocycles. The van der Waals surface area contributed by atoms with Crippen LogP contribution in [0.3, 0.4) is 0 Å². The first-order valence-electron chi connectivity index (χ1n) is 4.40. The van der Waals surface area contributed by atoms with E-state index in [9.17, 15) is 0 Å². The van der Waals surface area contributed by atoms with E-state index in [1.807, 2.05) is 13.0 Å². The fourth-order valence-corrected chi connectivity index (χ4v) is 1.17. The molecule has 0 spiro atoms. The van der Waals surface area contributed by atoms with E-state index in [1.165, 1.54) is 0 Å². The average Bonchev–Trinajstić information content (AvgIpc) is 2.47. The van der Waals surface area contributed by atoms with Crippen LogP contribution in [0.15, 0.2) is 10.6 Å². The number of aromatic nitrogens is 1. The lowest BCUT2D eigenvalue weighted by Gasteiger charge is -2.15. The maximum Gasteiger partial charge on any atom is 0.133 e. The third-order valence-corrected chi connectivity index (χ3v) is 1.96. The lowest BCUT2D eigenvalue weighted by atomic mass is 10.3. The smallest absolute Gasteiger partial charge is 0.133 e. The van der Waals surface area contributed by atoms with Crippen molar-refractivity contribution in [2.24, 2.45) is 0 Å². The fraction of sp³-hybridized carbons (Fsp3) is 0.667. The normalized spacial score (nSPS) is 11.0. The van der Waals surface area contributed by atoms with Crippen LogP contribution in [0.4, 0.5) is 0 Å². The molecule has 1 heterocycles. The van der Waals surface area contributed by atoms with Gasteiger partial charge in [0.15, 0.2) is 0 Å². The second-order valence-corrected chi connectivity index (χ2v) is 2.89. The fourth-order valence-electron chi connectivity index (χ4n) is 1.17. The van der Waals surface area contributed by atoms with Crippen LogP contribution < -0.4 is 0 Å². The minimum atomic E-state index is 0.886. The standard InChI is InChI=1S/C9H16N2O/c1-4-11(5-2)7-9-6-8(3)12-10-9/h6H,4-5,7H2,1-3H3. The summed E-state index contributed by atoms with van der Waals surface area (Å²) in [5.74, 6) is 0.886. The molecule has 0 atom stereocenters. The first-order chi connectivity index (χ1) is 5.76. The predicted octanol–water partition coefficient (Wildman–Crippen LogP) is 1.82. The summed E-state index contributed by atoms with van der Waals surface area (Å²) in [6, 6.07) is 1.98. The molecule has 0 fully saturated rings. The monoisotopic (exact) mass is 168 g/mol. The average molecular weight is 168 g/mol. The van der Waals surface area contributed by atoms with Gasteiger partial charge in [0.2, 0.25) is 0 Å². The van der Waals surface area contributed by atoms with E-state index in [0.717, 1.165) is 31.1 Å². The summed E-state index contributed by atoms with van der Waals surface area (Å²) in [4.78, 5) is 2.30. The van der Waals surface area contributed by atoms with Gasteiger partial charge in [-0.1, -0.05) is 19.0 Å². The zero-order valence-corrected chi connectivity index (χ0v) is 8.00. The van der Waals surface area contributed by atoms with Crippen LogP contribution in [-0.2, 0) is 6.54 Å². The molecule has 0 saturated carbocycles. The van der Waals surface area contributed by atoms with Crippen molar-refractivity contribution in [3.05, 3.63) is 17.5 Å². The van der Waals surface area contributed by atoms with Crippen molar-refractivity contribution in [1.29, 1.82) is 0 Å². The van der Waals surface area contributed by atoms with Gasteiger partial charge in [-0.25, -0.2) is 0 Å².